The van der Waals surface area contributed by atoms with E-state index < -0.39 is 0 Å². The van der Waals surface area contributed by atoms with E-state index in [0.29, 0.717) is 5.92 Å². The van der Waals surface area contributed by atoms with Gasteiger partial charge in [0.15, 0.2) is 0 Å². The largest absolute Gasteiger partial charge is 0.378 e. The Kier molecular flexibility index (Phi) is 3.71. The molecule has 0 aromatic rings. The lowest BCUT2D eigenvalue weighted by atomic mass is 9.88. The highest BCUT2D eigenvalue weighted by Crippen LogP contribution is 2.28. The molecule has 0 N–H and O–H groups in total. The van der Waals surface area contributed by atoms with Crippen LogP contribution in [0.1, 0.15) is 20.8 Å². The first-order valence-electron chi connectivity index (χ1n) is 4.82. The Bertz CT molecular complexity index is 144. The molecule has 0 spiro atoms. The third-order valence-electron chi connectivity index (χ3n) is 2.94. The van der Waals surface area contributed by atoms with Crippen molar-refractivity contribution < 1.29 is 14.2 Å². The van der Waals surface area contributed by atoms with Crippen LogP contribution in [0.2, 0.25) is 0 Å². The summed E-state index contributed by atoms with van der Waals surface area (Å²) in [5, 5.41) is 0. The van der Waals surface area contributed by atoms with Crippen molar-refractivity contribution in [3.63, 3.8) is 0 Å². The second kappa shape index (κ2) is 4.40. The molecular weight excluding hydrogens is 168 g/mol. The fraction of sp³-hybridized carbons (Fsp3) is 1.00. The zero-order valence-corrected chi connectivity index (χ0v) is 9.11. The van der Waals surface area contributed by atoms with Gasteiger partial charge in [-0.1, -0.05) is 6.92 Å². The van der Waals surface area contributed by atoms with E-state index in [0.717, 1.165) is 0 Å². The molecule has 3 nitrogen and oxygen atoms in total. The van der Waals surface area contributed by atoms with Crippen LogP contribution in [0.3, 0.4) is 0 Å². The Balaban J connectivity index is 2.69. The van der Waals surface area contributed by atoms with Crippen molar-refractivity contribution in [2.75, 3.05) is 14.2 Å². The van der Waals surface area contributed by atoms with Crippen LogP contribution in [0.4, 0.5) is 0 Å². The molecule has 1 saturated heterocycles. The van der Waals surface area contributed by atoms with Gasteiger partial charge >= 0.3 is 0 Å². The molecule has 1 rings (SSSR count). The predicted octanol–water partition coefficient (Wildman–Crippen LogP) is 1.46. The molecule has 0 aromatic carbocycles. The average molecular weight is 188 g/mol. The molecule has 1 aliphatic rings. The lowest BCUT2D eigenvalue weighted by Gasteiger charge is -2.42. The number of ether oxygens (including phenoxy) is 3. The van der Waals surface area contributed by atoms with Gasteiger partial charge < -0.3 is 14.2 Å². The molecule has 0 amide bonds. The van der Waals surface area contributed by atoms with E-state index in [-0.39, 0.29) is 24.4 Å². The number of hydrogen-bond acceptors (Lipinski definition) is 3. The highest BCUT2D eigenvalue weighted by atomic mass is 16.6. The SMILES string of the molecule is COC1C(C)OC(C)C(OC)C1C. The monoisotopic (exact) mass is 188 g/mol. The number of methoxy groups -OCH3 is 2. The molecule has 4 unspecified atom stereocenters. The highest BCUT2D eigenvalue weighted by molar-refractivity contribution is 4.88. The van der Waals surface area contributed by atoms with E-state index in [1.54, 1.807) is 14.2 Å². The Labute approximate surface area is 80.4 Å². The third-order valence-corrected chi connectivity index (χ3v) is 2.94. The topological polar surface area (TPSA) is 27.7 Å². The summed E-state index contributed by atoms with van der Waals surface area (Å²) in [6.07, 6.45) is 0.588. The molecule has 1 aliphatic heterocycles. The summed E-state index contributed by atoms with van der Waals surface area (Å²) in [4.78, 5) is 0. The molecule has 0 aliphatic carbocycles. The Morgan fingerprint density at radius 2 is 1.23 bits per heavy atom. The smallest absolute Gasteiger partial charge is 0.0881 e. The van der Waals surface area contributed by atoms with Gasteiger partial charge in [-0.2, -0.15) is 0 Å². The molecule has 1 heterocycles. The van der Waals surface area contributed by atoms with Crippen LogP contribution < -0.4 is 0 Å². The Hall–Kier alpha value is -0.120. The maximum absolute atomic E-state index is 5.71. The lowest BCUT2D eigenvalue weighted by molar-refractivity contribution is -0.200. The van der Waals surface area contributed by atoms with E-state index in [1.165, 1.54) is 0 Å². The van der Waals surface area contributed by atoms with Crippen molar-refractivity contribution >= 4 is 0 Å². The fourth-order valence-corrected chi connectivity index (χ4v) is 2.35. The van der Waals surface area contributed by atoms with E-state index in [4.69, 9.17) is 14.2 Å². The summed E-state index contributed by atoms with van der Waals surface area (Å²) in [5.41, 5.74) is 0. The van der Waals surface area contributed by atoms with Gasteiger partial charge in [0.05, 0.1) is 24.4 Å². The lowest BCUT2D eigenvalue weighted by Crippen LogP contribution is -2.52. The van der Waals surface area contributed by atoms with Crippen LogP contribution in [-0.2, 0) is 14.2 Å². The van der Waals surface area contributed by atoms with Crippen LogP contribution in [0.5, 0.6) is 0 Å². The molecule has 0 saturated carbocycles. The van der Waals surface area contributed by atoms with Crippen LogP contribution in [-0.4, -0.2) is 38.6 Å². The quantitative estimate of drug-likeness (QED) is 0.656. The fourth-order valence-electron chi connectivity index (χ4n) is 2.35. The van der Waals surface area contributed by atoms with Crippen LogP contribution in [0, 0.1) is 5.92 Å². The van der Waals surface area contributed by atoms with Gasteiger partial charge in [0.25, 0.3) is 0 Å². The molecule has 4 atom stereocenters. The molecule has 3 heteroatoms. The minimum atomic E-state index is 0.140. The highest BCUT2D eigenvalue weighted by Gasteiger charge is 2.40. The number of hydrogen-bond donors (Lipinski definition) is 0. The van der Waals surface area contributed by atoms with Crippen LogP contribution in [0.25, 0.3) is 0 Å². The van der Waals surface area contributed by atoms with Crippen LogP contribution >= 0.6 is 0 Å². The summed E-state index contributed by atoms with van der Waals surface area (Å²) in [5.74, 6) is 0.383. The zero-order valence-electron chi connectivity index (χ0n) is 9.11. The van der Waals surface area contributed by atoms with Gasteiger partial charge in [0, 0.05) is 20.1 Å². The Morgan fingerprint density at radius 1 is 0.846 bits per heavy atom. The van der Waals surface area contributed by atoms with E-state index in [2.05, 4.69) is 6.92 Å². The van der Waals surface area contributed by atoms with Crippen molar-refractivity contribution in [2.45, 2.75) is 45.2 Å². The van der Waals surface area contributed by atoms with Gasteiger partial charge in [0.2, 0.25) is 0 Å². The second-order valence-corrected chi connectivity index (χ2v) is 3.81. The van der Waals surface area contributed by atoms with E-state index in [1.807, 2.05) is 13.8 Å². The van der Waals surface area contributed by atoms with Crippen molar-refractivity contribution in [1.29, 1.82) is 0 Å². The minimum Gasteiger partial charge on any atom is -0.378 e. The first-order chi connectivity index (χ1) is 6.11. The minimum absolute atomic E-state index is 0.140. The summed E-state index contributed by atoms with van der Waals surface area (Å²) < 4.78 is 16.5. The van der Waals surface area contributed by atoms with Gasteiger partial charge in [-0.15, -0.1) is 0 Å². The first kappa shape index (κ1) is 11.0. The maximum Gasteiger partial charge on any atom is 0.0881 e. The van der Waals surface area contributed by atoms with Crippen molar-refractivity contribution in [3.05, 3.63) is 0 Å². The van der Waals surface area contributed by atoms with Crippen molar-refractivity contribution in [3.8, 4) is 0 Å². The van der Waals surface area contributed by atoms with Gasteiger partial charge in [0.1, 0.15) is 0 Å². The van der Waals surface area contributed by atoms with Gasteiger partial charge in [-0.25, -0.2) is 0 Å². The standard InChI is InChI=1S/C10H20O3/c1-6-9(11-4)7(2)13-8(3)10(6)12-5/h6-10H,1-5H3. The zero-order chi connectivity index (χ0) is 10.0. The van der Waals surface area contributed by atoms with Crippen molar-refractivity contribution in [2.24, 2.45) is 5.92 Å². The van der Waals surface area contributed by atoms with Crippen molar-refractivity contribution in [1.82, 2.24) is 0 Å². The number of rotatable bonds is 2. The first-order valence-corrected chi connectivity index (χ1v) is 4.82. The summed E-state index contributed by atoms with van der Waals surface area (Å²) in [6, 6.07) is 0. The molecule has 0 bridgehead atoms. The second-order valence-electron chi connectivity index (χ2n) is 3.81. The van der Waals surface area contributed by atoms with E-state index in [9.17, 15) is 0 Å². The predicted molar refractivity (Wildman–Crippen MR) is 50.8 cm³/mol. The summed E-state index contributed by atoms with van der Waals surface area (Å²) in [6.45, 7) is 6.25. The molecule has 13 heavy (non-hydrogen) atoms. The average Bonchev–Trinajstić information content (AvgIpc) is 2.04. The molecule has 0 radical (unpaired) electrons. The van der Waals surface area contributed by atoms with Crippen LogP contribution in [0.15, 0.2) is 0 Å². The molecular formula is C10H20O3. The third kappa shape index (κ3) is 2.03. The molecule has 1 fully saturated rings. The maximum atomic E-state index is 5.71. The molecule has 0 aromatic heterocycles. The van der Waals surface area contributed by atoms with Gasteiger partial charge in [-0.05, 0) is 13.8 Å². The summed E-state index contributed by atoms with van der Waals surface area (Å²) in [7, 11) is 3.45. The summed E-state index contributed by atoms with van der Waals surface area (Å²) >= 11 is 0. The van der Waals surface area contributed by atoms with E-state index >= 15 is 0 Å². The Morgan fingerprint density at radius 3 is 1.54 bits per heavy atom. The normalized spacial score (nSPS) is 46.4. The van der Waals surface area contributed by atoms with Gasteiger partial charge in [-0.3, -0.25) is 0 Å². The molecule has 78 valence electrons.